The van der Waals surface area contributed by atoms with Crippen LogP contribution in [0.4, 0.5) is 0 Å². The van der Waals surface area contributed by atoms with Crippen molar-refractivity contribution in [2.75, 3.05) is 0 Å². The summed E-state index contributed by atoms with van der Waals surface area (Å²) in [5.41, 5.74) is 0.750. The van der Waals surface area contributed by atoms with Gasteiger partial charge in [-0.25, -0.2) is 0 Å². The third-order valence-corrected chi connectivity index (χ3v) is 7.25. The molecule has 0 aromatic rings. The lowest BCUT2D eigenvalue weighted by atomic mass is 9.45. The fourth-order valence-electron chi connectivity index (χ4n) is 6.14. The monoisotopic (exact) mass is 349 g/mol. The molecule has 2 aliphatic rings. The zero-order valence-corrected chi connectivity index (χ0v) is 16.4. The molecule has 2 aliphatic carbocycles. The summed E-state index contributed by atoms with van der Waals surface area (Å²) in [6, 6.07) is 0. The van der Waals surface area contributed by atoms with E-state index < -0.39 is 11.6 Å². The molecule has 4 heteroatoms. The predicted octanol–water partition coefficient (Wildman–Crippen LogP) is 3.64. The van der Waals surface area contributed by atoms with E-state index in [9.17, 15) is 14.7 Å². The summed E-state index contributed by atoms with van der Waals surface area (Å²) >= 11 is 0. The van der Waals surface area contributed by atoms with Crippen molar-refractivity contribution in [3.05, 3.63) is 11.6 Å². The van der Waals surface area contributed by atoms with Crippen LogP contribution in [0.2, 0.25) is 0 Å². The summed E-state index contributed by atoms with van der Waals surface area (Å²) in [6.07, 6.45) is 8.26. The lowest BCUT2D eigenvalue weighted by Gasteiger charge is -2.61. The van der Waals surface area contributed by atoms with Crippen LogP contribution in [0, 0.1) is 22.7 Å². The number of carboxylic acids is 1. The zero-order chi connectivity index (χ0) is 18.9. The van der Waals surface area contributed by atoms with Crippen LogP contribution in [-0.2, 0) is 14.3 Å². The van der Waals surface area contributed by atoms with Gasteiger partial charge in [-0.05, 0) is 75.2 Å². The topological polar surface area (TPSA) is 66.4 Å². The number of ether oxygens (including phenoxy) is 1. The highest BCUT2D eigenvalue weighted by Gasteiger charge is 2.58. The van der Waals surface area contributed by atoms with Gasteiger partial charge < -0.3 is 14.6 Å². The van der Waals surface area contributed by atoms with E-state index in [4.69, 9.17) is 4.74 Å². The Bertz CT molecular complexity index is 550. The van der Waals surface area contributed by atoms with E-state index in [1.54, 1.807) is 0 Å². The molecule has 2 fully saturated rings. The maximum absolute atomic E-state index is 11.2. The van der Waals surface area contributed by atoms with Crippen molar-refractivity contribution in [2.24, 2.45) is 22.7 Å². The molecule has 25 heavy (non-hydrogen) atoms. The third kappa shape index (κ3) is 3.93. The minimum atomic E-state index is -1.14. The first-order valence-electron chi connectivity index (χ1n) is 9.55. The smallest absolute Gasteiger partial charge is 0.293 e. The van der Waals surface area contributed by atoms with Gasteiger partial charge in [0.15, 0.2) is 0 Å². The Morgan fingerprint density at radius 3 is 2.48 bits per heavy atom. The van der Waals surface area contributed by atoms with Crippen molar-refractivity contribution in [3.63, 3.8) is 0 Å². The first kappa shape index (κ1) is 20.0. The van der Waals surface area contributed by atoms with Crippen LogP contribution in [0.1, 0.15) is 79.6 Å². The number of carbonyl (C=O) groups is 2. The van der Waals surface area contributed by atoms with Crippen molar-refractivity contribution in [1.29, 1.82) is 0 Å². The van der Waals surface area contributed by atoms with E-state index in [2.05, 4.69) is 27.7 Å². The Morgan fingerprint density at radius 2 is 1.88 bits per heavy atom. The van der Waals surface area contributed by atoms with E-state index >= 15 is 0 Å². The summed E-state index contributed by atoms with van der Waals surface area (Å²) in [5.74, 6) is -0.308. The number of aliphatic carboxylic acids is 1. The second-order valence-electron chi connectivity index (χ2n) is 9.37. The number of hydrogen-bond acceptors (Lipinski definition) is 4. The molecule has 4 nitrogen and oxygen atoms in total. The molecule has 0 bridgehead atoms. The molecule has 2 saturated carbocycles. The van der Waals surface area contributed by atoms with Crippen molar-refractivity contribution in [1.82, 2.24) is 0 Å². The van der Waals surface area contributed by atoms with E-state index in [1.165, 1.54) is 18.9 Å². The standard InChI is InChI=1S/C21H34O4/c1-15(13-18(23)24)7-8-17-20(4)11-6-10-19(2,3)16(20)9-12-21(17,5)25-14-22/h13-14,16-17H,6-12H2,1-5H3,(H,23,24)/p-1/t16-,17-,20+,21-/m1/s1. The summed E-state index contributed by atoms with van der Waals surface area (Å²) in [4.78, 5) is 22.0. The van der Waals surface area contributed by atoms with Gasteiger partial charge in [-0.1, -0.05) is 32.8 Å². The predicted molar refractivity (Wildman–Crippen MR) is 95.5 cm³/mol. The van der Waals surface area contributed by atoms with Crippen molar-refractivity contribution in [3.8, 4) is 0 Å². The zero-order valence-electron chi connectivity index (χ0n) is 16.4. The van der Waals surface area contributed by atoms with Crippen molar-refractivity contribution < 1.29 is 19.4 Å². The van der Waals surface area contributed by atoms with Gasteiger partial charge in [0.2, 0.25) is 0 Å². The molecule has 0 radical (unpaired) electrons. The minimum absolute atomic E-state index is 0.111. The number of carboxylic acid groups (broad SMARTS) is 1. The summed E-state index contributed by atoms with van der Waals surface area (Å²) in [5, 5.41) is 10.8. The Morgan fingerprint density at radius 1 is 1.20 bits per heavy atom. The molecule has 2 rings (SSSR count). The fourth-order valence-corrected chi connectivity index (χ4v) is 6.14. The molecule has 0 saturated heterocycles. The summed E-state index contributed by atoms with van der Waals surface area (Å²) in [6.45, 7) is 11.6. The number of carbonyl (C=O) groups excluding carboxylic acids is 2. The molecule has 0 heterocycles. The first-order chi connectivity index (χ1) is 11.5. The minimum Gasteiger partial charge on any atom is -0.545 e. The van der Waals surface area contributed by atoms with Gasteiger partial charge in [0, 0.05) is 5.92 Å². The maximum Gasteiger partial charge on any atom is 0.293 e. The van der Waals surface area contributed by atoms with Crippen molar-refractivity contribution >= 4 is 12.4 Å². The number of hydrogen-bond donors (Lipinski definition) is 0. The molecule has 4 atom stereocenters. The average molecular weight is 349 g/mol. The number of fused-ring (bicyclic) bond motifs is 1. The van der Waals surface area contributed by atoms with Gasteiger partial charge in [-0.3, -0.25) is 4.79 Å². The fraction of sp³-hybridized carbons (Fsp3) is 0.810. The highest BCUT2D eigenvalue weighted by Crippen LogP contribution is 2.63. The number of rotatable bonds is 6. The van der Waals surface area contributed by atoms with Crippen LogP contribution in [0.3, 0.4) is 0 Å². The van der Waals surface area contributed by atoms with Crippen LogP contribution in [0.5, 0.6) is 0 Å². The Hall–Kier alpha value is -1.32. The van der Waals surface area contributed by atoms with Gasteiger partial charge in [0.05, 0.1) is 5.97 Å². The van der Waals surface area contributed by atoms with Crippen LogP contribution in [-0.4, -0.2) is 18.0 Å². The van der Waals surface area contributed by atoms with E-state index in [1.807, 2.05) is 6.92 Å². The Balaban J connectivity index is 2.32. The molecular weight excluding hydrogens is 316 g/mol. The second-order valence-corrected chi connectivity index (χ2v) is 9.37. The summed E-state index contributed by atoms with van der Waals surface area (Å²) < 4.78 is 5.65. The molecule has 0 unspecified atom stereocenters. The molecule has 0 N–H and O–H groups in total. The maximum atomic E-state index is 11.2. The van der Waals surface area contributed by atoms with Crippen LogP contribution in [0.15, 0.2) is 11.6 Å². The van der Waals surface area contributed by atoms with Crippen LogP contribution < -0.4 is 5.11 Å². The molecule has 0 aliphatic heterocycles. The van der Waals surface area contributed by atoms with Gasteiger partial charge in [0.25, 0.3) is 6.47 Å². The largest absolute Gasteiger partial charge is 0.545 e. The van der Waals surface area contributed by atoms with E-state index in [-0.39, 0.29) is 11.3 Å². The molecule has 0 spiro atoms. The molecule has 0 amide bonds. The van der Waals surface area contributed by atoms with Crippen LogP contribution >= 0.6 is 0 Å². The van der Waals surface area contributed by atoms with Gasteiger partial charge >= 0.3 is 0 Å². The van der Waals surface area contributed by atoms with Gasteiger partial charge in [0.1, 0.15) is 5.60 Å². The summed E-state index contributed by atoms with van der Waals surface area (Å²) in [7, 11) is 0. The van der Waals surface area contributed by atoms with Gasteiger partial charge in [-0.2, -0.15) is 0 Å². The van der Waals surface area contributed by atoms with E-state index in [0.29, 0.717) is 24.2 Å². The molecule has 0 aromatic carbocycles. The SMILES string of the molecule is CC(=CC(=O)[O-])CC[C@@H]1[C@@]2(C)CCCC(C)(C)[C@H]2CC[C@@]1(C)OC=O. The van der Waals surface area contributed by atoms with Gasteiger partial charge in [-0.15, -0.1) is 0 Å². The lowest BCUT2D eigenvalue weighted by molar-refractivity contribution is -0.297. The Kier molecular flexibility index (Phi) is 5.70. The Labute approximate surface area is 152 Å². The normalized spacial score (nSPS) is 37.9. The van der Waals surface area contributed by atoms with Crippen LogP contribution in [0.25, 0.3) is 0 Å². The third-order valence-electron chi connectivity index (χ3n) is 7.25. The van der Waals surface area contributed by atoms with E-state index in [0.717, 1.165) is 31.3 Å². The highest BCUT2D eigenvalue weighted by molar-refractivity contribution is 5.78. The lowest BCUT2D eigenvalue weighted by Crippen LogP contribution is -2.58. The first-order valence-corrected chi connectivity index (χ1v) is 9.55. The quantitative estimate of drug-likeness (QED) is 0.542. The number of allylic oxidation sites excluding steroid dienone is 1. The molecular formula is C21H33O4-. The average Bonchev–Trinajstić information content (AvgIpc) is 2.44. The second kappa shape index (κ2) is 7.13. The highest BCUT2D eigenvalue weighted by atomic mass is 16.5. The molecule has 142 valence electrons. The molecule has 0 aromatic heterocycles. The van der Waals surface area contributed by atoms with Crippen molar-refractivity contribution in [2.45, 2.75) is 85.2 Å².